The predicted octanol–water partition coefficient (Wildman–Crippen LogP) is 4.88. The van der Waals surface area contributed by atoms with Crippen molar-refractivity contribution in [3.8, 4) is 0 Å². The average molecular weight is 548 g/mol. The lowest BCUT2D eigenvalue weighted by Gasteiger charge is -2.36. The molecule has 0 bridgehead atoms. The van der Waals surface area contributed by atoms with Gasteiger partial charge < -0.3 is 25.7 Å². The van der Waals surface area contributed by atoms with Crippen molar-refractivity contribution in [1.82, 2.24) is 29.8 Å². The van der Waals surface area contributed by atoms with Gasteiger partial charge >= 0.3 is 6.18 Å². The molecule has 2 aliphatic carbocycles. The van der Waals surface area contributed by atoms with Gasteiger partial charge in [-0.2, -0.15) is 13.2 Å². The molecule has 202 valence electrons. The van der Waals surface area contributed by atoms with Crippen LogP contribution in [0.5, 0.6) is 0 Å². The van der Waals surface area contributed by atoms with E-state index in [0.717, 1.165) is 55.7 Å². The van der Waals surface area contributed by atoms with Crippen LogP contribution in [0.25, 0.3) is 22.1 Å². The fourth-order valence-corrected chi connectivity index (χ4v) is 6.31. The summed E-state index contributed by atoms with van der Waals surface area (Å²) in [4.78, 5) is 15.9. The minimum Gasteiger partial charge on any atom is -0.391 e. The van der Waals surface area contributed by atoms with E-state index in [0.29, 0.717) is 47.0 Å². The highest BCUT2D eigenvalue weighted by molar-refractivity contribution is 6.32. The van der Waals surface area contributed by atoms with E-state index in [1.165, 1.54) is 12.4 Å². The number of aromatic nitrogens is 5. The number of aromatic amines is 1. The molecule has 4 aromatic rings. The van der Waals surface area contributed by atoms with E-state index in [1.807, 2.05) is 16.8 Å². The van der Waals surface area contributed by atoms with Crippen LogP contribution in [0.4, 0.5) is 19.0 Å². The van der Waals surface area contributed by atoms with Crippen LogP contribution in [-0.2, 0) is 12.6 Å². The minimum absolute atomic E-state index is 0.0337. The molecule has 8 nitrogen and oxygen atoms in total. The molecule has 0 unspecified atom stereocenters. The number of anilines is 1. The summed E-state index contributed by atoms with van der Waals surface area (Å²) in [6.45, 7) is 0.854. The molecule has 2 fully saturated rings. The largest absolute Gasteiger partial charge is 0.417 e. The van der Waals surface area contributed by atoms with E-state index in [-0.39, 0.29) is 11.1 Å². The Hall–Kier alpha value is -2.89. The number of imidazole rings is 1. The Labute approximate surface area is 221 Å². The second-order valence-electron chi connectivity index (χ2n) is 10.7. The standard InChI is InChI=1S/C26H29ClF3N7O/c27-18-10-20-19(9-17(18)26(28,29)30)35-23(36-20)2-1-13-5-15(6-13)32-11-14-7-21(22(38)8-14)37-4-3-16-24(31)33-12-34-25(16)37/h3-4,9-10,12-15,21-22,32,38H,1-2,5-8,11H2,(H,35,36)(H2,31,33,34)/t13?,14-,15?,21+,22+/m0/s1. The molecule has 2 saturated carbocycles. The number of nitrogens with one attached hydrogen (secondary N) is 2. The maximum atomic E-state index is 13.1. The van der Waals surface area contributed by atoms with Crippen molar-refractivity contribution < 1.29 is 18.3 Å². The number of H-pyrrole nitrogens is 1. The molecule has 3 aromatic heterocycles. The smallest absolute Gasteiger partial charge is 0.391 e. The number of nitrogens with zero attached hydrogens (tertiary/aromatic N) is 4. The molecule has 5 N–H and O–H groups in total. The van der Waals surface area contributed by atoms with Crippen LogP contribution in [0.1, 0.15) is 49.5 Å². The lowest BCUT2D eigenvalue weighted by Crippen LogP contribution is -2.43. The summed E-state index contributed by atoms with van der Waals surface area (Å²) in [7, 11) is 0. The highest BCUT2D eigenvalue weighted by atomic mass is 35.5. The van der Waals surface area contributed by atoms with Gasteiger partial charge in [0.05, 0.1) is 39.2 Å². The molecule has 0 aliphatic heterocycles. The van der Waals surface area contributed by atoms with Crippen LogP contribution in [0.3, 0.4) is 0 Å². The Balaban J connectivity index is 0.971. The average Bonchev–Trinajstić information content (AvgIpc) is 3.53. The van der Waals surface area contributed by atoms with Gasteiger partial charge in [0.15, 0.2) is 0 Å². The number of aliphatic hydroxyl groups excluding tert-OH is 1. The molecule has 0 amide bonds. The van der Waals surface area contributed by atoms with E-state index in [9.17, 15) is 18.3 Å². The molecule has 0 spiro atoms. The van der Waals surface area contributed by atoms with Crippen molar-refractivity contribution in [1.29, 1.82) is 0 Å². The number of benzene rings is 1. The summed E-state index contributed by atoms with van der Waals surface area (Å²) >= 11 is 5.81. The molecule has 1 aromatic carbocycles. The number of aryl methyl sites for hydroxylation is 1. The van der Waals surface area contributed by atoms with Gasteiger partial charge in [0, 0.05) is 18.7 Å². The van der Waals surface area contributed by atoms with Crippen LogP contribution >= 0.6 is 11.6 Å². The van der Waals surface area contributed by atoms with Gasteiger partial charge in [-0.3, -0.25) is 0 Å². The second kappa shape index (κ2) is 9.69. The van der Waals surface area contributed by atoms with E-state index >= 15 is 0 Å². The minimum atomic E-state index is -4.50. The SMILES string of the molecule is Nc1ncnc2c1ccn2[C@@H]1C[C@H](CNC2CC(CCc3nc4cc(Cl)c(C(F)(F)F)cc4[nH]3)C2)C[C@H]1O. The third-order valence-electron chi connectivity index (χ3n) is 8.14. The van der Waals surface area contributed by atoms with E-state index in [2.05, 4.69) is 25.3 Å². The Kier molecular flexibility index (Phi) is 6.48. The van der Waals surface area contributed by atoms with Crippen molar-refractivity contribution in [2.24, 2.45) is 11.8 Å². The first-order valence-electron chi connectivity index (χ1n) is 12.9. The third kappa shape index (κ3) is 4.83. The number of alkyl halides is 3. The topological polar surface area (TPSA) is 118 Å². The van der Waals surface area contributed by atoms with Crippen molar-refractivity contribution in [2.45, 2.75) is 62.9 Å². The van der Waals surface area contributed by atoms with E-state index in [4.69, 9.17) is 17.3 Å². The fourth-order valence-electron chi connectivity index (χ4n) is 6.05. The fraction of sp³-hybridized carbons (Fsp3) is 0.500. The monoisotopic (exact) mass is 547 g/mol. The number of hydrogen-bond donors (Lipinski definition) is 4. The molecule has 38 heavy (non-hydrogen) atoms. The lowest BCUT2D eigenvalue weighted by molar-refractivity contribution is -0.137. The number of nitrogens with two attached hydrogens (primary N) is 1. The summed E-state index contributed by atoms with van der Waals surface area (Å²) in [6.07, 6.45) is 3.77. The molecule has 2 aliphatic rings. The first-order chi connectivity index (χ1) is 18.2. The number of fused-ring (bicyclic) bond motifs is 2. The molecular formula is C26H29ClF3N7O. The number of halogens is 4. The Morgan fingerprint density at radius 3 is 2.76 bits per heavy atom. The summed E-state index contributed by atoms with van der Waals surface area (Å²) in [5.41, 5.74) is 6.66. The summed E-state index contributed by atoms with van der Waals surface area (Å²) < 4.78 is 41.4. The van der Waals surface area contributed by atoms with Gasteiger partial charge in [0.1, 0.15) is 23.6 Å². The number of nitrogen functional groups attached to an aromatic ring is 1. The van der Waals surface area contributed by atoms with Crippen molar-refractivity contribution in [2.75, 3.05) is 12.3 Å². The van der Waals surface area contributed by atoms with Crippen LogP contribution in [-0.4, -0.2) is 48.3 Å². The van der Waals surface area contributed by atoms with Crippen molar-refractivity contribution in [3.63, 3.8) is 0 Å². The number of hydrogen-bond acceptors (Lipinski definition) is 6. The Morgan fingerprint density at radius 1 is 1.16 bits per heavy atom. The normalized spacial score (nSPS) is 25.9. The zero-order chi connectivity index (χ0) is 26.6. The zero-order valence-corrected chi connectivity index (χ0v) is 21.3. The Morgan fingerprint density at radius 2 is 1.97 bits per heavy atom. The zero-order valence-electron chi connectivity index (χ0n) is 20.5. The second-order valence-corrected chi connectivity index (χ2v) is 11.1. The highest BCUT2D eigenvalue weighted by Gasteiger charge is 2.37. The number of aliphatic hydroxyl groups is 1. The van der Waals surface area contributed by atoms with Gasteiger partial charge in [-0.05, 0) is 68.7 Å². The predicted molar refractivity (Wildman–Crippen MR) is 139 cm³/mol. The van der Waals surface area contributed by atoms with Gasteiger partial charge in [-0.1, -0.05) is 11.6 Å². The lowest BCUT2D eigenvalue weighted by atomic mass is 9.77. The molecule has 0 saturated heterocycles. The molecule has 12 heteroatoms. The Bertz CT molecular complexity index is 1460. The molecule has 3 heterocycles. The van der Waals surface area contributed by atoms with Crippen LogP contribution in [0, 0.1) is 11.8 Å². The molecular weight excluding hydrogens is 519 g/mol. The summed E-state index contributed by atoms with van der Waals surface area (Å²) in [5, 5.41) is 14.9. The van der Waals surface area contributed by atoms with Crippen LogP contribution in [0.15, 0.2) is 30.7 Å². The third-order valence-corrected chi connectivity index (χ3v) is 8.45. The summed E-state index contributed by atoms with van der Waals surface area (Å²) in [6, 6.07) is 4.62. The molecule has 0 radical (unpaired) electrons. The van der Waals surface area contributed by atoms with Gasteiger partial charge in [0.25, 0.3) is 0 Å². The first-order valence-corrected chi connectivity index (χ1v) is 13.3. The van der Waals surface area contributed by atoms with Crippen LogP contribution in [0.2, 0.25) is 5.02 Å². The quantitative estimate of drug-likeness (QED) is 0.262. The van der Waals surface area contributed by atoms with Gasteiger partial charge in [0.2, 0.25) is 0 Å². The highest BCUT2D eigenvalue weighted by Crippen LogP contribution is 2.39. The van der Waals surface area contributed by atoms with Crippen LogP contribution < -0.4 is 11.1 Å². The van der Waals surface area contributed by atoms with Crippen molar-refractivity contribution >= 4 is 39.5 Å². The maximum absolute atomic E-state index is 13.1. The summed E-state index contributed by atoms with van der Waals surface area (Å²) in [5.74, 6) is 2.05. The van der Waals surface area contributed by atoms with E-state index in [1.54, 1.807) is 0 Å². The maximum Gasteiger partial charge on any atom is 0.417 e. The molecule has 6 rings (SSSR count). The van der Waals surface area contributed by atoms with Gasteiger partial charge in [-0.15, -0.1) is 0 Å². The molecule has 3 atom stereocenters. The van der Waals surface area contributed by atoms with Gasteiger partial charge in [-0.25, -0.2) is 15.0 Å². The van der Waals surface area contributed by atoms with Crippen molar-refractivity contribution in [3.05, 3.63) is 47.1 Å². The first kappa shape index (κ1) is 25.4. The van der Waals surface area contributed by atoms with E-state index < -0.39 is 17.8 Å². The number of rotatable bonds is 7.